The van der Waals surface area contributed by atoms with Crippen LogP contribution in [0.3, 0.4) is 0 Å². The van der Waals surface area contributed by atoms with Crippen molar-refractivity contribution >= 4 is 0 Å². The molecule has 3 aromatic rings. The van der Waals surface area contributed by atoms with Crippen molar-refractivity contribution in [3.63, 3.8) is 0 Å². The van der Waals surface area contributed by atoms with Crippen LogP contribution in [0.25, 0.3) is 11.1 Å². The third kappa shape index (κ3) is 2.83. The van der Waals surface area contributed by atoms with Crippen LogP contribution in [0.5, 0.6) is 5.75 Å². The molecule has 0 atom stereocenters. The molecule has 0 saturated carbocycles. The summed E-state index contributed by atoms with van der Waals surface area (Å²) in [7, 11) is 0. The lowest BCUT2D eigenvalue weighted by Gasteiger charge is -2.06. The number of nitrogens with zero attached hydrogens (tertiary/aromatic N) is 1. The zero-order chi connectivity index (χ0) is 12.9. The third-order valence-electron chi connectivity index (χ3n) is 2.87. The number of rotatable bonds is 4. The molecular formula is C16H13NO2. The van der Waals surface area contributed by atoms with E-state index in [4.69, 9.17) is 9.26 Å². The Kier molecular flexibility index (Phi) is 3.28. The molecule has 3 nitrogen and oxygen atoms in total. The highest BCUT2D eigenvalue weighted by molar-refractivity contribution is 5.61. The summed E-state index contributed by atoms with van der Waals surface area (Å²) in [4.78, 5) is 0. The van der Waals surface area contributed by atoms with E-state index in [1.54, 1.807) is 12.5 Å². The number of hydrogen-bond donors (Lipinski definition) is 0. The van der Waals surface area contributed by atoms with Gasteiger partial charge in [-0.05, 0) is 23.3 Å². The van der Waals surface area contributed by atoms with Gasteiger partial charge in [0, 0.05) is 5.56 Å². The Bertz CT molecular complexity index is 616. The van der Waals surface area contributed by atoms with Crippen LogP contribution in [0.15, 0.2) is 71.6 Å². The van der Waals surface area contributed by atoms with Crippen molar-refractivity contribution in [2.45, 2.75) is 6.61 Å². The molecule has 0 aliphatic heterocycles. The summed E-state index contributed by atoms with van der Waals surface area (Å²) in [6, 6.07) is 18.0. The van der Waals surface area contributed by atoms with Gasteiger partial charge in [0.1, 0.15) is 18.6 Å². The van der Waals surface area contributed by atoms with Crippen molar-refractivity contribution in [3.8, 4) is 16.9 Å². The van der Waals surface area contributed by atoms with E-state index in [0.717, 1.165) is 22.4 Å². The minimum absolute atomic E-state index is 0.577. The Balaban J connectivity index is 1.67. The molecule has 0 N–H and O–H groups in total. The first-order chi connectivity index (χ1) is 9.42. The van der Waals surface area contributed by atoms with Gasteiger partial charge in [0.15, 0.2) is 0 Å². The largest absolute Gasteiger partial charge is 0.489 e. The molecule has 3 rings (SSSR count). The highest BCUT2D eigenvalue weighted by atomic mass is 16.5. The maximum atomic E-state index is 5.73. The zero-order valence-electron chi connectivity index (χ0n) is 10.3. The van der Waals surface area contributed by atoms with Crippen molar-refractivity contribution in [2.24, 2.45) is 0 Å². The predicted octanol–water partition coefficient (Wildman–Crippen LogP) is 3.92. The smallest absolute Gasteiger partial charge is 0.131 e. The first-order valence-electron chi connectivity index (χ1n) is 6.08. The van der Waals surface area contributed by atoms with Crippen LogP contribution in [0, 0.1) is 0 Å². The van der Waals surface area contributed by atoms with Crippen LogP contribution in [0.2, 0.25) is 0 Å². The van der Waals surface area contributed by atoms with Gasteiger partial charge in [-0.25, -0.2) is 0 Å². The first kappa shape index (κ1) is 11.5. The summed E-state index contributed by atoms with van der Waals surface area (Å²) in [5.41, 5.74) is 3.19. The van der Waals surface area contributed by atoms with Gasteiger partial charge < -0.3 is 9.26 Å². The van der Waals surface area contributed by atoms with E-state index in [1.165, 1.54) is 0 Å². The molecule has 0 aliphatic rings. The number of ether oxygens (including phenoxy) is 1. The highest BCUT2D eigenvalue weighted by Crippen LogP contribution is 2.22. The van der Waals surface area contributed by atoms with Crippen LogP contribution >= 0.6 is 0 Å². The molecule has 1 aromatic heterocycles. The topological polar surface area (TPSA) is 35.3 Å². The molecule has 19 heavy (non-hydrogen) atoms. The van der Waals surface area contributed by atoms with Crippen molar-refractivity contribution in [3.05, 3.63) is 72.6 Å². The lowest BCUT2D eigenvalue weighted by atomic mass is 10.1. The molecule has 0 unspecified atom stereocenters. The summed E-state index contributed by atoms with van der Waals surface area (Å²) in [6.07, 6.45) is 3.32. The van der Waals surface area contributed by atoms with Crippen LogP contribution in [0.1, 0.15) is 5.56 Å². The van der Waals surface area contributed by atoms with Gasteiger partial charge in [0.25, 0.3) is 0 Å². The standard InChI is InChI=1S/C16H13NO2/c1-2-4-13(5-3-1)11-18-16-8-6-14(7-9-16)15-10-17-19-12-15/h1-10,12H,11H2. The molecule has 0 aliphatic carbocycles. The Morgan fingerprint density at radius 1 is 0.895 bits per heavy atom. The van der Waals surface area contributed by atoms with Crippen molar-refractivity contribution in [1.29, 1.82) is 0 Å². The molecule has 0 bridgehead atoms. The SMILES string of the molecule is c1ccc(COc2ccc(-c3cnoc3)cc2)cc1. The van der Waals surface area contributed by atoms with Crippen molar-refractivity contribution in [2.75, 3.05) is 0 Å². The molecule has 1 heterocycles. The monoisotopic (exact) mass is 251 g/mol. The van der Waals surface area contributed by atoms with Gasteiger partial charge >= 0.3 is 0 Å². The van der Waals surface area contributed by atoms with Crippen LogP contribution < -0.4 is 4.74 Å². The van der Waals surface area contributed by atoms with Crippen LogP contribution in [-0.4, -0.2) is 5.16 Å². The fourth-order valence-corrected chi connectivity index (χ4v) is 1.83. The number of hydrogen-bond acceptors (Lipinski definition) is 3. The molecule has 0 spiro atoms. The lowest BCUT2D eigenvalue weighted by Crippen LogP contribution is -1.94. The van der Waals surface area contributed by atoms with E-state index in [9.17, 15) is 0 Å². The van der Waals surface area contributed by atoms with E-state index < -0.39 is 0 Å². The molecule has 0 radical (unpaired) electrons. The minimum Gasteiger partial charge on any atom is -0.489 e. The average molecular weight is 251 g/mol. The van der Waals surface area contributed by atoms with Crippen molar-refractivity contribution in [1.82, 2.24) is 5.16 Å². The summed E-state index contributed by atoms with van der Waals surface area (Å²) < 4.78 is 10.5. The van der Waals surface area contributed by atoms with Crippen LogP contribution in [0.4, 0.5) is 0 Å². The predicted molar refractivity (Wildman–Crippen MR) is 72.7 cm³/mol. The van der Waals surface area contributed by atoms with E-state index >= 15 is 0 Å². The van der Waals surface area contributed by atoms with Crippen molar-refractivity contribution < 1.29 is 9.26 Å². The summed E-state index contributed by atoms with van der Waals surface area (Å²) in [5.74, 6) is 0.851. The number of benzene rings is 2. The Labute approximate surface area is 111 Å². The Hall–Kier alpha value is -2.55. The van der Waals surface area contributed by atoms with Crippen LogP contribution in [-0.2, 0) is 6.61 Å². The van der Waals surface area contributed by atoms with E-state index in [2.05, 4.69) is 5.16 Å². The second kappa shape index (κ2) is 5.40. The highest BCUT2D eigenvalue weighted by Gasteiger charge is 2.01. The summed E-state index contributed by atoms with van der Waals surface area (Å²) in [5, 5.41) is 3.69. The van der Waals surface area contributed by atoms with E-state index in [0.29, 0.717) is 6.61 Å². The average Bonchev–Trinajstić information content (AvgIpc) is 3.01. The summed E-state index contributed by atoms with van der Waals surface area (Å²) >= 11 is 0. The quantitative estimate of drug-likeness (QED) is 0.705. The second-order valence-electron chi connectivity index (χ2n) is 4.21. The lowest BCUT2D eigenvalue weighted by molar-refractivity contribution is 0.306. The normalized spacial score (nSPS) is 10.3. The third-order valence-corrected chi connectivity index (χ3v) is 2.87. The Morgan fingerprint density at radius 3 is 2.37 bits per heavy atom. The number of aromatic nitrogens is 1. The van der Waals surface area contributed by atoms with Gasteiger partial charge in [0.2, 0.25) is 0 Å². The minimum atomic E-state index is 0.577. The van der Waals surface area contributed by atoms with E-state index in [1.807, 2.05) is 54.6 Å². The maximum absolute atomic E-state index is 5.73. The first-order valence-corrected chi connectivity index (χ1v) is 6.08. The summed E-state index contributed by atoms with van der Waals surface area (Å²) in [6.45, 7) is 0.577. The Morgan fingerprint density at radius 2 is 1.68 bits per heavy atom. The molecule has 0 amide bonds. The molecule has 3 heteroatoms. The van der Waals surface area contributed by atoms with Gasteiger partial charge in [-0.3, -0.25) is 0 Å². The molecule has 0 saturated heterocycles. The van der Waals surface area contributed by atoms with E-state index in [-0.39, 0.29) is 0 Å². The fourth-order valence-electron chi connectivity index (χ4n) is 1.83. The fraction of sp³-hybridized carbons (Fsp3) is 0.0625. The molecule has 94 valence electrons. The molecule has 0 fully saturated rings. The van der Waals surface area contributed by atoms with Gasteiger partial charge in [-0.15, -0.1) is 0 Å². The maximum Gasteiger partial charge on any atom is 0.131 e. The van der Waals surface area contributed by atoms with Gasteiger partial charge in [0.05, 0.1) is 6.20 Å². The van der Waals surface area contributed by atoms with Gasteiger partial charge in [-0.2, -0.15) is 0 Å². The van der Waals surface area contributed by atoms with Gasteiger partial charge in [-0.1, -0.05) is 47.6 Å². The molecule has 2 aromatic carbocycles. The zero-order valence-corrected chi connectivity index (χ0v) is 10.3. The molecular weight excluding hydrogens is 238 g/mol. The second-order valence-corrected chi connectivity index (χ2v) is 4.21.